The number of halogens is 1. The Hall–Kier alpha value is -3.63. The molecule has 3 rings (SSSR count). The summed E-state index contributed by atoms with van der Waals surface area (Å²) in [4.78, 5) is 22.2. The number of nitro benzene ring substituents is 1. The highest BCUT2D eigenvalue weighted by molar-refractivity contribution is 7.92. The van der Waals surface area contributed by atoms with Crippen LogP contribution in [-0.2, 0) is 14.8 Å². The predicted molar refractivity (Wildman–Crippen MR) is 116 cm³/mol. The Morgan fingerprint density at radius 1 is 1.00 bits per heavy atom. The third-order valence-electron chi connectivity index (χ3n) is 3.94. The molecule has 9 nitrogen and oxygen atoms in total. The van der Waals surface area contributed by atoms with Crippen LogP contribution in [-0.4, -0.2) is 25.9 Å². The number of amides is 1. The number of non-ortho nitro benzene ring substituents is 1. The fourth-order valence-corrected chi connectivity index (χ4v) is 3.91. The number of ether oxygens (including phenoxy) is 1. The molecule has 2 N–H and O–H groups in total. The van der Waals surface area contributed by atoms with Crippen LogP contribution in [0.25, 0.3) is 0 Å². The Kier molecular flexibility index (Phi) is 6.73. The number of benzene rings is 3. The molecule has 0 heterocycles. The van der Waals surface area contributed by atoms with E-state index in [4.69, 9.17) is 16.3 Å². The van der Waals surface area contributed by atoms with Crippen molar-refractivity contribution in [3.8, 4) is 5.75 Å². The third-order valence-corrected chi connectivity index (χ3v) is 5.61. The van der Waals surface area contributed by atoms with Crippen molar-refractivity contribution in [1.82, 2.24) is 0 Å². The van der Waals surface area contributed by atoms with E-state index in [9.17, 15) is 23.3 Å². The van der Waals surface area contributed by atoms with E-state index in [1.807, 2.05) is 0 Å². The Labute approximate surface area is 182 Å². The number of nitrogens with zero attached hydrogens (tertiary/aromatic N) is 1. The van der Waals surface area contributed by atoms with Gasteiger partial charge >= 0.3 is 0 Å². The molecule has 0 atom stereocenters. The van der Waals surface area contributed by atoms with Gasteiger partial charge in [0, 0.05) is 23.5 Å². The summed E-state index contributed by atoms with van der Waals surface area (Å²) in [5.74, 6) is -0.464. The van der Waals surface area contributed by atoms with E-state index in [0.717, 1.165) is 0 Å². The van der Waals surface area contributed by atoms with Crippen molar-refractivity contribution in [2.45, 2.75) is 4.90 Å². The molecule has 0 saturated heterocycles. The van der Waals surface area contributed by atoms with E-state index >= 15 is 0 Å². The largest absolute Gasteiger partial charge is 0.482 e. The minimum Gasteiger partial charge on any atom is -0.482 e. The molecular weight excluding hydrogens is 446 g/mol. The first kappa shape index (κ1) is 22.1. The standard InChI is InChI=1S/C20H16ClN3O6S/c21-18-12-17(31(28,29)23-14-5-2-1-3-6-14)9-10-19(18)30-13-20(25)22-15-7-4-8-16(11-15)24(26)27/h1-12,23H,13H2,(H,22,25). The molecule has 0 aliphatic carbocycles. The number of rotatable bonds is 8. The summed E-state index contributed by atoms with van der Waals surface area (Å²) in [5, 5.41) is 13.3. The first-order valence-corrected chi connectivity index (χ1v) is 10.7. The van der Waals surface area contributed by atoms with Crippen molar-refractivity contribution in [1.29, 1.82) is 0 Å². The van der Waals surface area contributed by atoms with Gasteiger partial charge in [-0.1, -0.05) is 35.9 Å². The zero-order valence-corrected chi connectivity index (χ0v) is 17.4. The maximum Gasteiger partial charge on any atom is 0.271 e. The quantitative estimate of drug-likeness (QED) is 0.384. The van der Waals surface area contributed by atoms with E-state index in [1.54, 1.807) is 30.3 Å². The van der Waals surface area contributed by atoms with Gasteiger partial charge in [0.25, 0.3) is 21.6 Å². The fraction of sp³-hybridized carbons (Fsp3) is 0.0500. The lowest BCUT2D eigenvalue weighted by Gasteiger charge is -2.11. The highest BCUT2D eigenvalue weighted by Crippen LogP contribution is 2.28. The summed E-state index contributed by atoms with van der Waals surface area (Å²) >= 11 is 6.11. The van der Waals surface area contributed by atoms with Gasteiger partial charge in [0.2, 0.25) is 0 Å². The monoisotopic (exact) mass is 461 g/mol. The Morgan fingerprint density at radius 2 is 1.71 bits per heavy atom. The normalized spacial score (nSPS) is 10.9. The number of anilines is 2. The smallest absolute Gasteiger partial charge is 0.271 e. The molecule has 0 aromatic heterocycles. The first-order chi connectivity index (χ1) is 14.7. The van der Waals surface area contributed by atoms with Gasteiger partial charge in [-0.3, -0.25) is 19.6 Å². The molecule has 160 valence electrons. The van der Waals surface area contributed by atoms with Gasteiger partial charge in [0.1, 0.15) is 5.75 Å². The second-order valence-electron chi connectivity index (χ2n) is 6.21. The van der Waals surface area contributed by atoms with Crippen LogP contribution in [0.15, 0.2) is 77.7 Å². The number of carbonyl (C=O) groups is 1. The van der Waals surface area contributed by atoms with Gasteiger partial charge in [-0.15, -0.1) is 0 Å². The maximum atomic E-state index is 12.5. The number of hydrogen-bond donors (Lipinski definition) is 2. The zero-order chi connectivity index (χ0) is 22.4. The van der Waals surface area contributed by atoms with Crippen LogP contribution >= 0.6 is 11.6 Å². The SMILES string of the molecule is O=C(COc1ccc(S(=O)(=O)Nc2ccccc2)cc1Cl)Nc1cccc([N+](=O)[O-])c1. The zero-order valence-electron chi connectivity index (χ0n) is 15.8. The van der Waals surface area contributed by atoms with Crippen LogP contribution in [0.2, 0.25) is 5.02 Å². The molecule has 0 aliphatic heterocycles. The molecule has 0 saturated carbocycles. The molecular formula is C20H16ClN3O6S. The van der Waals surface area contributed by atoms with Gasteiger partial charge in [-0.05, 0) is 36.4 Å². The van der Waals surface area contributed by atoms with Crippen LogP contribution in [0.4, 0.5) is 17.1 Å². The second kappa shape index (κ2) is 9.45. The lowest BCUT2D eigenvalue weighted by Crippen LogP contribution is -2.20. The molecule has 0 unspecified atom stereocenters. The third kappa shape index (κ3) is 5.93. The van der Waals surface area contributed by atoms with E-state index in [0.29, 0.717) is 5.69 Å². The molecule has 1 amide bonds. The van der Waals surface area contributed by atoms with E-state index in [-0.39, 0.29) is 27.0 Å². The average molecular weight is 462 g/mol. The Morgan fingerprint density at radius 3 is 2.39 bits per heavy atom. The molecule has 3 aromatic carbocycles. The minimum absolute atomic E-state index is 0.000847. The first-order valence-electron chi connectivity index (χ1n) is 8.79. The van der Waals surface area contributed by atoms with E-state index in [2.05, 4.69) is 10.0 Å². The summed E-state index contributed by atoms with van der Waals surface area (Å²) in [6.07, 6.45) is 0. The van der Waals surface area contributed by atoms with E-state index < -0.39 is 27.5 Å². The van der Waals surface area contributed by atoms with Crippen LogP contribution in [0.3, 0.4) is 0 Å². The van der Waals surface area contributed by atoms with Crippen molar-refractivity contribution in [2.75, 3.05) is 16.6 Å². The number of para-hydroxylation sites is 1. The minimum atomic E-state index is -3.86. The molecule has 0 aliphatic rings. The molecule has 0 radical (unpaired) electrons. The van der Waals surface area contributed by atoms with Crippen molar-refractivity contribution in [3.63, 3.8) is 0 Å². The average Bonchev–Trinajstić information content (AvgIpc) is 2.73. The summed E-state index contributed by atoms with van der Waals surface area (Å²) < 4.78 is 32.7. The predicted octanol–water partition coefficient (Wildman–Crippen LogP) is 4.07. The molecule has 3 aromatic rings. The van der Waals surface area contributed by atoms with Gasteiger partial charge in [0.15, 0.2) is 6.61 Å². The van der Waals surface area contributed by atoms with Gasteiger partial charge < -0.3 is 10.1 Å². The molecule has 31 heavy (non-hydrogen) atoms. The summed E-state index contributed by atoms with van der Waals surface area (Å²) in [6.45, 7) is -0.434. The maximum absolute atomic E-state index is 12.5. The van der Waals surface area contributed by atoms with Crippen molar-refractivity contribution < 1.29 is 22.9 Å². The number of carbonyl (C=O) groups excluding carboxylic acids is 1. The topological polar surface area (TPSA) is 128 Å². The lowest BCUT2D eigenvalue weighted by atomic mass is 10.3. The highest BCUT2D eigenvalue weighted by atomic mass is 35.5. The number of hydrogen-bond acceptors (Lipinski definition) is 6. The van der Waals surface area contributed by atoms with Crippen molar-refractivity contribution >= 4 is 44.6 Å². The van der Waals surface area contributed by atoms with Crippen LogP contribution in [0.1, 0.15) is 0 Å². The molecule has 11 heteroatoms. The van der Waals surface area contributed by atoms with E-state index in [1.165, 1.54) is 42.5 Å². The van der Waals surface area contributed by atoms with Crippen LogP contribution in [0, 0.1) is 10.1 Å². The van der Waals surface area contributed by atoms with Crippen molar-refractivity contribution in [2.24, 2.45) is 0 Å². The highest BCUT2D eigenvalue weighted by Gasteiger charge is 2.17. The van der Waals surface area contributed by atoms with Crippen LogP contribution < -0.4 is 14.8 Å². The summed E-state index contributed by atoms with van der Waals surface area (Å²) in [7, 11) is -3.86. The molecule has 0 bridgehead atoms. The Balaban J connectivity index is 1.63. The van der Waals surface area contributed by atoms with Gasteiger partial charge in [-0.25, -0.2) is 8.42 Å². The Bertz CT molecular complexity index is 1220. The van der Waals surface area contributed by atoms with Gasteiger partial charge in [0.05, 0.1) is 14.8 Å². The lowest BCUT2D eigenvalue weighted by molar-refractivity contribution is -0.384. The number of nitrogens with one attached hydrogen (secondary N) is 2. The number of nitro groups is 1. The second-order valence-corrected chi connectivity index (χ2v) is 8.30. The fourth-order valence-electron chi connectivity index (χ4n) is 2.52. The number of sulfonamides is 1. The summed E-state index contributed by atoms with van der Waals surface area (Å²) in [6, 6.07) is 17.7. The molecule has 0 fully saturated rings. The summed E-state index contributed by atoms with van der Waals surface area (Å²) in [5.41, 5.74) is 0.474. The van der Waals surface area contributed by atoms with Gasteiger partial charge in [-0.2, -0.15) is 0 Å². The van der Waals surface area contributed by atoms with Crippen LogP contribution in [0.5, 0.6) is 5.75 Å². The molecule has 0 spiro atoms. The van der Waals surface area contributed by atoms with Crippen molar-refractivity contribution in [3.05, 3.63) is 87.9 Å².